The van der Waals surface area contributed by atoms with Gasteiger partial charge in [0.25, 0.3) is 0 Å². The summed E-state index contributed by atoms with van der Waals surface area (Å²) >= 11 is 6.09. The van der Waals surface area contributed by atoms with Gasteiger partial charge in [0.05, 0.1) is 12.6 Å². The smallest absolute Gasteiger partial charge is 0.0902 e. The quantitative estimate of drug-likeness (QED) is 0.741. The molecular formula is C11H15ClN+. The largest absolute Gasteiger partial charge is 0.344 e. The fourth-order valence-electron chi connectivity index (χ4n) is 1.98. The van der Waals surface area contributed by atoms with E-state index in [1.54, 1.807) is 0 Å². The predicted molar refractivity (Wildman–Crippen MR) is 55.0 cm³/mol. The van der Waals surface area contributed by atoms with E-state index in [-0.39, 0.29) is 0 Å². The summed E-state index contributed by atoms with van der Waals surface area (Å²) < 4.78 is 0. The lowest BCUT2D eigenvalue weighted by molar-refractivity contribution is -0.669. The molecule has 0 aromatic heterocycles. The third-order valence-corrected chi connectivity index (χ3v) is 3.09. The average molecular weight is 197 g/mol. The summed E-state index contributed by atoms with van der Waals surface area (Å²) in [6.07, 6.45) is 3.82. The summed E-state index contributed by atoms with van der Waals surface area (Å²) in [5, 5.41) is 3.35. The lowest BCUT2D eigenvalue weighted by Gasteiger charge is -2.08. The van der Waals surface area contributed by atoms with Gasteiger partial charge in [-0.1, -0.05) is 29.8 Å². The second-order valence-corrected chi connectivity index (χ2v) is 4.13. The fourth-order valence-corrected chi connectivity index (χ4v) is 2.20. The van der Waals surface area contributed by atoms with Crippen molar-refractivity contribution < 1.29 is 5.32 Å². The maximum atomic E-state index is 6.09. The molecule has 0 radical (unpaired) electrons. The Kier molecular flexibility index (Phi) is 2.87. The molecule has 0 bridgehead atoms. The van der Waals surface area contributed by atoms with Crippen LogP contribution in [-0.4, -0.2) is 12.6 Å². The van der Waals surface area contributed by atoms with Crippen LogP contribution in [0.2, 0.25) is 5.02 Å². The van der Waals surface area contributed by atoms with E-state index in [1.165, 1.54) is 24.9 Å². The van der Waals surface area contributed by atoms with E-state index in [0.717, 1.165) is 17.5 Å². The van der Waals surface area contributed by atoms with Crippen molar-refractivity contribution in [2.75, 3.05) is 6.54 Å². The third kappa shape index (κ3) is 2.23. The highest BCUT2D eigenvalue weighted by molar-refractivity contribution is 6.31. The van der Waals surface area contributed by atoms with Gasteiger partial charge in [-0.3, -0.25) is 0 Å². The number of nitrogens with two attached hydrogens (primary N) is 1. The first-order valence-corrected chi connectivity index (χ1v) is 5.31. The SMILES string of the molecule is Clc1ccccc1C[C@H]1CCC[NH2+]1. The Hall–Kier alpha value is -0.530. The van der Waals surface area contributed by atoms with E-state index in [2.05, 4.69) is 17.4 Å². The predicted octanol–water partition coefficient (Wildman–Crippen LogP) is 1.61. The number of benzene rings is 1. The van der Waals surface area contributed by atoms with Crippen molar-refractivity contribution in [2.45, 2.75) is 25.3 Å². The maximum absolute atomic E-state index is 6.09. The molecule has 1 aliphatic rings. The molecule has 1 atom stereocenters. The number of hydrogen-bond acceptors (Lipinski definition) is 0. The average Bonchev–Trinajstić information content (AvgIpc) is 2.61. The molecule has 0 aliphatic carbocycles. The van der Waals surface area contributed by atoms with E-state index in [1.807, 2.05) is 12.1 Å². The topological polar surface area (TPSA) is 16.6 Å². The van der Waals surface area contributed by atoms with E-state index in [4.69, 9.17) is 11.6 Å². The van der Waals surface area contributed by atoms with Crippen LogP contribution in [-0.2, 0) is 6.42 Å². The van der Waals surface area contributed by atoms with Crippen LogP contribution >= 0.6 is 11.6 Å². The van der Waals surface area contributed by atoms with E-state index < -0.39 is 0 Å². The van der Waals surface area contributed by atoms with Crippen LogP contribution in [0, 0.1) is 0 Å². The van der Waals surface area contributed by atoms with Gasteiger partial charge >= 0.3 is 0 Å². The minimum atomic E-state index is 0.764. The first-order valence-electron chi connectivity index (χ1n) is 4.93. The Morgan fingerprint density at radius 3 is 2.92 bits per heavy atom. The first kappa shape index (κ1) is 9.04. The van der Waals surface area contributed by atoms with Crippen LogP contribution in [0.5, 0.6) is 0 Å². The Morgan fingerprint density at radius 1 is 1.38 bits per heavy atom. The van der Waals surface area contributed by atoms with Crippen molar-refractivity contribution in [2.24, 2.45) is 0 Å². The van der Waals surface area contributed by atoms with Gasteiger partial charge in [0.1, 0.15) is 0 Å². The van der Waals surface area contributed by atoms with Crippen LogP contribution in [0.3, 0.4) is 0 Å². The molecule has 13 heavy (non-hydrogen) atoms. The standard InChI is InChI=1S/C11H14ClN/c12-11-6-2-1-4-9(11)8-10-5-3-7-13-10/h1-2,4,6,10,13H,3,5,7-8H2/p+1/t10-/m1/s1. The molecule has 70 valence electrons. The van der Waals surface area contributed by atoms with Crippen LogP contribution in [0.15, 0.2) is 24.3 Å². The van der Waals surface area contributed by atoms with E-state index in [0.29, 0.717) is 0 Å². The summed E-state index contributed by atoms with van der Waals surface area (Å²) in [7, 11) is 0. The van der Waals surface area contributed by atoms with Crippen LogP contribution in [0.4, 0.5) is 0 Å². The highest BCUT2D eigenvalue weighted by Crippen LogP contribution is 2.17. The van der Waals surface area contributed by atoms with Crippen LogP contribution in [0.25, 0.3) is 0 Å². The molecule has 1 aromatic rings. The summed E-state index contributed by atoms with van der Waals surface area (Å²) in [6, 6.07) is 8.93. The Bertz CT molecular complexity index is 279. The zero-order valence-corrected chi connectivity index (χ0v) is 8.43. The zero-order chi connectivity index (χ0) is 9.10. The molecule has 2 heteroatoms. The van der Waals surface area contributed by atoms with Crippen LogP contribution in [0.1, 0.15) is 18.4 Å². The van der Waals surface area contributed by atoms with Crippen molar-refractivity contribution >= 4 is 11.6 Å². The van der Waals surface area contributed by atoms with Crippen molar-refractivity contribution in [3.8, 4) is 0 Å². The van der Waals surface area contributed by atoms with Gasteiger partial charge in [-0.2, -0.15) is 0 Å². The van der Waals surface area contributed by atoms with Crippen molar-refractivity contribution in [3.05, 3.63) is 34.9 Å². The van der Waals surface area contributed by atoms with Crippen molar-refractivity contribution in [1.29, 1.82) is 0 Å². The normalized spacial score (nSPS) is 22.1. The Balaban J connectivity index is 2.04. The monoisotopic (exact) mass is 196 g/mol. The lowest BCUT2D eigenvalue weighted by atomic mass is 10.0. The molecule has 1 aromatic carbocycles. The number of rotatable bonds is 2. The van der Waals surface area contributed by atoms with Crippen molar-refractivity contribution in [3.63, 3.8) is 0 Å². The Morgan fingerprint density at radius 2 is 2.23 bits per heavy atom. The third-order valence-electron chi connectivity index (χ3n) is 2.72. The highest BCUT2D eigenvalue weighted by Gasteiger charge is 2.19. The molecule has 1 nitrogen and oxygen atoms in total. The first-order chi connectivity index (χ1) is 6.36. The minimum Gasteiger partial charge on any atom is -0.344 e. The van der Waals surface area contributed by atoms with Crippen molar-refractivity contribution in [1.82, 2.24) is 0 Å². The van der Waals surface area contributed by atoms with Gasteiger partial charge in [0.2, 0.25) is 0 Å². The van der Waals surface area contributed by atoms with Gasteiger partial charge in [0, 0.05) is 24.3 Å². The number of hydrogen-bond donors (Lipinski definition) is 1. The molecule has 2 rings (SSSR count). The minimum absolute atomic E-state index is 0.764. The van der Waals surface area contributed by atoms with E-state index in [9.17, 15) is 0 Å². The fraction of sp³-hybridized carbons (Fsp3) is 0.455. The van der Waals surface area contributed by atoms with Crippen LogP contribution < -0.4 is 5.32 Å². The second kappa shape index (κ2) is 4.12. The van der Waals surface area contributed by atoms with Gasteiger partial charge in [-0.15, -0.1) is 0 Å². The number of halogens is 1. The molecule has 1 heterocycles. The molecular weight excluding hydrogens is 182 g/mol. The zero-order valence-electron chi connectivity index (χ0n) is 7.67. The molecule has 1 saturated heterocycles. The highest BCUT2D eigenvalue weighted by atomic mass is 35.5. The Labute approximate surface area is 84.1 Å². The lowest BCUT2D eigenvalue weighted by Crippen LogP contribution is -2.87. The molecule has 1 aliphatic heterocycles. The second-order valence-electron chi connectivity index (χ2n) is 3.72. The summed E-state index contributed by atoms with van der Waals surface area (Å²) in [4.78, 5) is 0. The summed E-state index contributed by atoms with van der Waals surface area (Å²) in [5.41, 5.74) is 1.30. The molecule has 0 amide bonds. The summed E-state index contributed by atoms with van der Waals surface area (Å²) in [6.45, 7) is 1.29. The molecule has 0 spiro atoms. The van der Waals surface area contributed by atoms with Gasteiger partial charge in [-0.25, -0.2) is 0 Å². The maximum Gasteiger partial charge on any atom is 0.0902 e. The molecule has 0 saturated carbocycles. The summed E-state index contributed by atoms with van der Waals surface area (Å²) in [5.74, 6) is 0. The molecule has 2 N–H and O–H groups in total. The van der Waals surface area contributed by atoms with Gasteiger partial charge in [-0.05, 0) is 11.6 Å². The molecule has 1 fully saturated rings. The van der Waals surface area contributed by atoms with Gasteiger partial charge in [0.15, 0.2) is 0 Å². The number of quaternary nitrogens is 1. The molecule has 0 unspecified atom stereocenters. The van der Waals surface area contributed by atoms with Gasteiger partial charge < -0.3 is 5.32 Å². The van der Waals surface area contributed by atoms with E-state index >= 15 is 0 Å².